The molecule has 1 aromatic carbocycles. The monoisotopic (exact) mass is 231 g/mol. The molecule has 90 valence electrons. The van der Waals surface area contributed by atoms with Gasteiger partial charge in [-0.1, -0.05) is 6.07 Å². The van der Waals surface area contributed by atoms with Crippen LogP contribution in [0.2, 0.25) is 0 Å². The minimum atomic E-state index is 0.0193. The molecule has 0 radical (unpaired) electrons. The molecule has 0 amide bonds. The summed E-state index contributed by atoms with van der Waals surface area (Å²) in [6, 6.07) is 5.93. The number of nitrogen functional groups attached to an aromatic ring is 1. The average Bonchev–Trinajstić information content (AvgIpc) is 2.70. The number of hydrogen-bond donors (Lipinski definition) is 2. The summed E-state index contributed by atoms with van der Waals surface area (Å²) in [5.74, 6) is 1.50. The molecule has 0 aliphatic heterocycles. The van der Waals surface area contributed by atoms with Crippen molar-refractivity contribution in [3.8, 4) is 0 Å². The molecule has 0 saturated carbocycles. The highest BCUT2D eigenvalue weighted by molar-refractivity contribution is 5.58. The molecule has 0 bridgehead atoms. The Morgan fingerprint density at radius 3 is 2.71 bits per heavy atom. The third kappa shape index (κ3) is 2.58. The summed E-state index contributed by atoms with van der Waals surface area (Å²) in [5.41, 5.74) is 8.69. The Morgan fingerprint density at radius 1 is 1.35 bits per heavy atom. The molecular weight excluding hydrogens is 214 g/mol. The normalized spacial score (nSPS) is 12.4. The third-order valence-electron chi connectivity index (χ3n) is 2.67. The summed E-state index contributed by atoms with van der Waals surface area (Å²) in [7, 11) is 0. The number of aromatic nitrogens is 1. The van der Waals surface area contributed by atoms with Gasteiger partial charge in [0.25, 0.3) is 0 Å². The molecule has 1 atom stereocenters. The van der Waals surface area contributed by atoms with E-state index < -0.39 is 0 Å². The lowest BCUT2D eigenvalue weighted by atomic mass is 10.2. The zero-order chi connectivity index (χ0) is 12.4. The molecule has 0 aliphatic carbocycles. The molecule has 2 aromatic rings. The first-order valence-electron chi connectivity index (χ1n) is 5.61. The van der Waals surface area contributed by atoms with Gasteiger partial charge in [-0.2, -0.15) is 0 Å². The van der Waals surface area contributed by atoms with Gasteiger partial charge >= 0.3 is 0 Å². The van der Waals surface area contributed by atoms with Crippen LogP contribution in [0.25, 0.3) is 0 Å². The second-order valence-electron chi connectivity index (χ2n) is 4.25. The predicted molar refractivity (Wildman–Crippen MR) is 68.9 cm³/mol. The van der Waals surface area contributed by atoms with E-state index in [-0.39, 0.29) is 6.04 Å². The highest BCUT2D eigenvalue weighted by Gasteiger charge is 2.11. The summed E-state index contributed by atoms with van der Waals surface area (Å²) in [6.45, 7) is 5.87. The van der Waals surface area contributed by atoms with E-state index in [1.165, 1.54) is 0 Å². The van der Waals surface area contributed by atoms with E-state index in [2.05, 4.69) is 10.3 Å². The molecule has 0 spiro atoms. The van der Waals surface area contributed by atoms with E-state index >= 15 is 0 Å². The summed E-state index contributed by atoms with van der Waals surface area (Å²) in [4.78, 5) is 4.19. The van der Waals surface area contributed by atoms with Crippen LogP contribution in [-0.4, -0.2) is 4.98 Å². The lowest BCUT2D eigenvalue weighted by Crippen LogP contribution is -2.07. The number of benzene rings is 1. The topological polar surface area (TPSA) is 64.1 Å². The van der Waals surface area contributed by atoms with E-state index in [0.717, 1.165) is 22.7 Å². The summed E-state index contributed by atoms with van der Waals surface area (Å²) >= 11 is 0. The van der Waals surface area contributed by atoms with Crippen LogP contribution in [0.5, 0.6) is 0 Å². The van der Waals surface area contributed by atoms with E-state index in [4.69, 9.17) is 10.2 Å². The van der Waals surface area contributed by atoms with Crippen LogP contribution in [-0.2, 0) is 0 Å². The Kier molecular flexibility index (Phi) is 3.04. The Hall–Kier alpha value is -1.97. The number of oxazole rings is 1. The van der Waals surface area contributed by atoms with Crippen LogP contribution < -0.4 is 11.1 Å². The zero-order valence-electron chi connectivity index (χ0n) is 10.3. The third-order valence-corrected chi connectivity index (χ3v) is 2.67. The molecule has 4 heteroatoms. The molecule has 3 N–H and O–H groups in total. The highest BCUT2D eigenvalue weighted by atomic mass is 16.4. The van der Waals surface area contributed by atoms with Gasteiger partial charge in [0.2, 0.25) is 5.89 Å². The molecule has 1 unspecified atom stereocenters. The Morgan fingerprint density at radius 2 is 2.12 bits per heavy atom. The fourth-order valence-corrected chi connectivity index (χ4v) is 1.61. The van der Waals surface area contributed by atoms with Crippen molar-refractivity contribution in [1.29, 1.82) is 0 Å². The fourth-order valence-electron chi connectivity index (χ4n) is 1.61. The molecule has 17 heavy (non-hydrogen) atoms. The summed E-state index contributed by atoms with van der Waals surface area (Å²) in [5, 5.41) is 3.30. The number of aryl methyl sites for hydroxylation is 2. The van der Waals surface area contributed by atoms with Gasteiger partial charge in [0.15, 0.2) is 0 Å². The zero-order valence-corrected chi connectivity index (χ0v) is 10.3. The van der Waals surface area contributed by atoms with Crippen molar-refractivity contribution < 1.29 is 4.42 Å². The van der Waals surface area contributed by atoms with Crippen molar-refractivity contribution in [3.05, 3.63) is 41.6 Å². The van der Waals surface area contributed by atoms with Crippen LogP contribution >= 0.6 is 0 Å². The van der Waals surface area contributed by atoms with Crippen molar-refractivity contribution in [1.82, 2.24) is 4.98 Å². The van der Waals surface area contributed by atoms with Crippen LogP contribution in [0.1, 0.15) is 30.2 Å². The van der Waals surface area contributed by atoms with E-state index in [1.54, 1.807) is 6.20 Å². The Labute approximate surface area is 101 Å². The molecular formula is C13H17N3O. The number of nitrogens with zero attached hydrogens (tertiary/aromatic N) is 1. The smallest absolute Gasteiger partial charge is 0.216 e. The van der Waals surface area contributed by atoms with Gasteiger partial charge in [-0.05, 0) is 38.5 Å². The average molecular weight is 231 g/mol. The maximum Gasteiger partial charge on any atom is 0.216 e. The number of anilines is 2. The number of hydrogen-bond acceptors (Lipinski definition) is 4. The minimum Gasteiger partial charge on any atom is -0.444 e. The highest BCUT2D eigenvalue weighted by Crippen LogP contribution is 2.22. The second kappa shape index (κ2) is 4.49. The summed E-state index contributed by atoms with van der Waals surface area (Å²) in [6.07, 6.45) is 1.72. The maximum atomic E-state index is 5.86. The van der Waals surface area contributed by atoms with Crippen molar-refractivity contribution >= 4 is 11.4 Å². The standard InChI is InChI=1S/C13H17N3O/c1-8-4-5-11(6-12(8)14)16-10(3)13-15-7-9(2)17-13/h4-7,10,16H,14H2,1-3H3. The van der Waals surface area contributed by atoms with Crippen LogP contribution in [0.15, 0.2) is 28.8 Å². The van der Waals surface area contributed by atoms with Gasteiger partial charge in [-0.15, -0.1) is 0 Å². The first-order chi connectivity index (χ1) is 8.06. The van der Waals surface area contributed by atoms with Crippen molar-refractivity contribution in [2.24, 2.45) is 0 Å². The van der Waals surface area contributed by atoms with Crippen LogP contribution in [0, 0.1) is 13.8 Å². The minimum absolute atomic E-state index is 0.0193. The van der Waals surface area contributed by atoms with Crippen LogP contribution in [0.3, 0.4) is 0 Å². The van der Waals surface area contributed by atoms with Crippen molar-refractivity contribution in [2.45, 2.75) is 26.8 Å². The van der Waals surface area contributed by atoms with Gasteiger partial charge in [-0.25, -0.2) is 4.98 Å². The van der Waals surface area contributed by atoms with Gasteiger partial charge in [0.1, 0.15) is 11.8 Å². The van der Waals surface area contributed by atoms with Gasteiger partial charge < -0.3 is 15.5 Å². The molecule has 0 saturated heterocycles. The molecule has 1 heterocycles. The largest absolute Gasteiger partial charge is 0.444 e. The van der Waals surface area contributed by atoms with Gasteiger partial charge in [-0.3, -0.25) is 0 Å². The van der Waals surface area contributed by atoms with E-state index in [9.17, 15) is 0 Å². The number of nitrogens with one attached hydrogen (secondary N) is 1. The number of nitrogens with two attached hydrogens (primary N) is 1. The molecule has 2 rings (SSSR count). The SMILES string of the molecule is Cc1cnc(C(C)Nc2ccc(C)c(N)c2)o1. The van der Waals surface area contributed by atoms with Crippen molar-refractivity contribution in [3.63, 3.8) is 0 Å². The lowest BCUT2D eigenvalue weighted by Gasteiger charge is -2.13. The molecule has 0 fully saturated rings. The van der Waals surface area contributed by atoms with Crippen molar-refractivity contribution in [2.75, 3.05) is 11.1 Å². The maximum absolute atomic E-state index is 5.86. The fraction of sp³-hybridized carbons (Fsp3) is 0.308. The van der Waals surface area contributed by atoms with Crippen LogP contribution in [0.4, 0.5) is 11.4 Å². The number of rotatable bonds is 3. The molecule has 4 nitrogen and oxygen atoms in total. The first-order valence-corrected chi connectivity index (χ1v) is 5.61. The Bertz CT molecular complexity index is 519. The van der Waals surface area contributed by atoms with E-state index in [1.807, 2.05) is 39.0 Å². The second-order valence-corrected chi connectivity index (χ2v) is 4.25. The Balaban J connectivity index is 2.12. The van der Waals surface area contributed by atoms with Gasteiger partial charge in [0.05, 0.1) is 6.20 Å². The quantitative estimate of drug-likeness (QED) is 0.797. The van der Waals surface area contributed by atoms with E-state index in [0.29, 0.717) is 5.89 Å². The predicted octanol–water partition coefficient (Wildman–Crippen LogP) is 3.05. The molecule has 0 aliphatic rings. The molecule has 1 aromatic heterocycles. The first kappa shape index (κ1) is 11.5. The lowest BCUT2D eigenvalue weighted by molar-refractivity contribution is 0.454. The summed E-state index contributed by atoms with van der Waals surface area (Å²) < 4.78 is 5.47. The van der Waals surface area contributed by atoms with Gasteiger partial charge in [0, 0.05) is 11.4 Å².